The molecule has 2 aliphatic rings. The van der Waals surface area contributed by atoms with Gasteiger partial charge in [-0.25, -0.2) is 0 Å². The first-order valence-electron chi connectivity index (χ1n) is 13.2. The zero-order valence-electron chi connectivity index (χ0n) is 22.9. The topological polar surface area (TPSA) is 42.4 Å². The Morgan fingerprint density at radius 3 is 2.19 bits per heavy atom. The van der Waals surface area contributed by atoms with Crippen molar-refractivity contribution in [3.8, 4) is 0 Å². The van der Waals surface area contributed by atoms with Crippen molar-refractivity contribution in [3.05, 3.63) is 61.5 Å². The van der Waals surface area contributed by atoms with Crippen LogP contribution in [-0.2, 0) is 17.0 Å². The highest BCUT2D eigenvalue weighted by Crippen LogP contribution is 2.51. The summed E-state index contributed by atoms with van der Waals surface area (Å²) in [5.41, 5.74) is 3.53. The van der Waals surface area contributed by atoms with Gasteiger partial charge in [-0.2, -0.15) is 13.2 Å². The molecule has 1 N–H and O–H groups in total. The fraction of sp³-hybridized carbons (Fsp3) is 0.621. The zero-order valence-corrected chi connectivity index (χ0v) is 26.0. The minimum Gasteiger partial charge on any atom is -0.410 e. The van der Waals surface area contributed by atoms with Crippen molar-refractivity contribution < 1.29 is 22.7 Å². The first kappa shape index (κ1) is 29.0. The minimum atomic E-state index is -4.41. The smallest absolute Gasteiger partial charge is 0.410 e. The number of hydrogen-bond donors (Lipinski definition) is 1. The molecular formula is C29H39F3INO2Si. The molecule has 4 rings (SSSR count). The van der Waals surface area contributed by atoms with Gasteiger partial charge in [-0.15, -0.1) is 0 Å². The summed E-state index contributed by atoms with van der Waals surface area (Å²) in [5.74, 6) is 0.266. The molecule has 0 amide bonds. The van der Waals surface area contributed by atoms with Gasteiger partial charge < -0.3 is 9.53 Å². The van der Waals surface area contributed by atoms with E-state index in [0.29, 0.717) is 5.56 Å². The number of nitrogens with zero attached hydrogens (tertiary/aromatic N) is 1. The fourth-order valence-corrected chi connectivity index (χ4v) is 7.64. The molecule has 37 heavy (non-hydrogen) atoms. The number of alkyl halides is 3. The Bertz CT molecular complexity index is 1150. The molecule has 3 nitrogen and oxygen atoms in total. The van der Waals surface area contributed by atoms with Crippen molar-refractivity contribution in [2.45, 2.75) is 109 Å². The fourth-order valence-electron chi connectivity index (χ4n) is 5.15. The van der Waals surface area contributed by atoms with Crippen LogP contribution >= 0.6 is 22.6 Å². The number of aliphatic hydroxyl groups is 1. The molecular weight excluding hydrogens is 606 g/mol. The Morgan fingerprint density at radius 2 is 1.70 bits per heavy atom. The standard InChI is InChI=1S/C29H39F3INO2Si/c1-27(2,3)37(6,7)36-21-16-28(4,5)15-20-22(21)24(33)23(25(34-20)17-9-8-10-17)26(35)18-11-13-19(14-12-18)29(30,31)32/h11-14,17,21,26,35H,8-10,15-16H2,1-7H3/t21?,26-/m1/s1. The SMILES string of the molecule is CC1(C)Cc2nc(C3CCC3)c([C@H](O)c3ccc(C(F)(F)F)cc3)c(I)c2C(O[Si](C)(C)C(C)(C)C)C1. The second kappa shape index (κ2) is 9.89. The van der Waals surface area contributed by atoms with Crippen LogP contribution in [0.25, 0.3) is 0 Å². The van der Waals surface area contributed by atoms with Gasteiger partial charge in [-0.1, -0.05) is 53.2 Å². The van der Waals surface area contributed by atoms with Crippen LogP contribution in [0.3, 0.4) is 0 Å². The van der Waals surface area contributed by atoms with Crippen LogP contribution in [0.2, 0.25) is 18.1 Å². The highest BCUT2D eigenvalue weighted by atomic mass is 127. The summed E-state index contributed by atoms with van der Waals surface area (Å²) in [5, 5.41) is 11.7. The maximum absolute atomic E-state index is 13.2. The average molecular weight is 646 g/mol. The quantitative estimate of drug-likeness (QED) is 0.261. The van der Waals surface area contributed by atoms with E-state index in [2.05, 4.69) is 70.3 Å². The summed E-state index contributed by atoms with van der Waals surface area (Å²) in [6.07, 6.45) is -0.736. The van der Waals surface area contributed by atoms with Crippen LogP contribution in [0.15, 0.2) is 24.3 Å². The van der Waals surface area contributed by atoms with E-state index >= 15 is 0 Å². The van der Waals surface area contributed by atoms with Crippen LogP contribution in [0, 0.1) is 8.99 Å². The summed E-state index contributed by atoms with van der Waals surface area (Å²) in [6.45, 7) is 15.7. The van der Waals surface area contributed by atoms with Gasteiger partial charge in [-0.3, -0.25) is 4.98 Å². The number of rotatable bonds is 5. The maximum Gasteiger partial charge on any atom is 0.416 e. The van der Waals surface area contributed by atoms with E-state index in [1.54, 1.807) is 0 Å². The normalized spacial score (nSPS) is 21.4. The van der Waals surface area contributed by atoms with Gasteiger partial charge in [0.25, 0.3) is 0 Å². The Labute approximate surface area is 233 Å². The Kier molecular flexibility index (Phi) is 7.76. The molecule has 1 saturated carbocycles. The average Bonchev–Trinajstić information content (AvgIpc) is 2.69. The second-order valence-electron chi connectivity index (χ2n) is 13.1. The van der Waals surface area contributed by atoms with Gasteiger partial charge in [0.2, 0.25) is 0 Å². The van der Waals surface area contributed by atoms with Crippen LogP contribution in [-0.4, -0.2) is 18.4 Å². The monoisotopic (exact) mass is 645 g/mol. The predicted molar refractivity (Wildman–Crippen MR) is 152 cm³/mol. The summed E-state index contributed by atoms with van der Waals surface area (Å²) >= 11 is 2.34. The van der Waals surface area contributed by atoms with Crippen LogP contribution < -0.4 is 0 Å². The lowest BCUT2D eigenvalue weighted by Crippen LogP contribution is -2.44. The summed E-state index contributed by atoms with van der Waals surface area (Å²) < 4.78 is 47.4. The highest BCUT2D eigenvalue weighted by Gasteiger charge is 2.45. The van der Waals surface area contributed by atoms with E-state index in [-0.39, 0.29) is 22.5 Å². The molecule has 0 saturated heterocycles. The maximum atomic E-state index is 13.2. The van der Waals surface area contributed by atoms with Crippen molar-refractivity contribution in [1.29, 1.82) is 0 Å². The van der Waals surface area contributed by atoms with Crippen LogP contribution in [0.5, 0.6) is 0 Å². The molecule has 0 aliphatic heterocycles. The molecule has 2 aliphatic carbocycles. The number of aliphatic hydroxyl groups excluding tert-OH is 1. The van der Waals surface area contributed by atoms with Crippen LogP contribution in [0.1, 0.15) is 112 Å². The van der Waals surface area contributed by atoms with Gasteiger partial charge in [-0.05, 0) is 89.5 Å². The van der Waals surface area contributed by atoms with Gasteiger partial charge in [0.15, 0.2) is 8.32 Å². The van der Waals surface area contributed by atoms with E-state index in [9.17, 15) is 18.3 Å². The molecule has 2 atom stereocenters. The van der Waals surface area contributed by atoms with Crippen molar-refractivity contribution >= 4 is 30.9 Å². The number of benzene rings is 1. The molecule has 1 unspecified atom stereocenters. The third-order valence-corrected chi connectivity index (χ3v) is 14.2. The largest absolute Gasteiger partial charge is 0.416 e. The van der Waals surface area contributed by atoms with Crippen molar-refractivity contribution in [2.24, 2.45) is 5.41 Å². The molecule has 0 radical (unpaired) electrons. The first-order valence-corrected chi connectivity index (χ1v) is 17.1. The van der Waals surface area contributed by atoms with Crippen molar-refractivity contribution in [2.75, 3.05) is 0 Å². The lowest BCUT2D eigenvalue weighted by atomic mass is 9.73. The molecule has 1 aromatic carbocycles. The number of pyridine rings is 1. The third-order valence-electron chi connectivity index (χ3n) is 8.58. The lowest BCUT2D eigenvalue weighted by molar-refractivity contribution is -0.137. The van der Waals surface area contributed by atoms with Gasteiger partial charge in [0, 0.05) is 26.3 Å². The van der Waals surface area contributed by atoms with Gasteiger partial charge in [0.05, 0.1) is 17.4 Å². The zero-order chi connectivity index (χ0) is 27.6. The van der Waals surface area contributed by atoms with Crippen molar-refractivity contribution in [3.63, 3.8) is 0 Å². The Morgan fingerprint density at radius 1 is 1.11 bits per heavy atom. The Hall–Kier alpha value is -0.973. The second-order valence-corrected chi connectivity index (χ2v) is 19.0. The minimum absolute atomic E-state index is 0.0283. The van der Waals surface area contributed by atoms with Gasteiger partial charge >= 0.3 is 6.18 Å². The molecule has 1 aromatic heterocycles. The molecule has 8 heteroatoms. The summed E-state index contributed by atoms with van der Waals surface area (Å²) in [7, 11) is -2.11. The summed E-state index contributed by atoms with van der Waals surface area (Å²) in [6, 6.07) is 4.87. The number of fused-ring (bicyclic) bond motifs is 1. The van der Waals surface area contributed by atoms with Gasteiger partial charge in [0.1, 0.15) is 6.10 Å². The van der Waals surface area contributed by atoms with E-state index < -0.39 is 26.2 Å². The lowest BCUT2D eigenvalue weighted by Gasteiger charge is -2.45. The van der Waals surface area contributed by atoms with E-state index in [4.69, 9.17) is 9.41 Å². The molecule has 0 spiro atoms. The van der Waals surface area contributed by atoms with Crippen molar-refractivity contribution in [1.82, 2.24) is 4.98 Å². The van der Waals surface area contributed by atoms with E-state index in [1.807, 2.05) is 0 Å². The van der Waals surface area contributed by atoms with E-state index in [0.717, 1.165) is 70.3 Å². The summed E-state index contributed by atoms with van der Waals surface area (Å²) in [4.78, 5) is 5.23. The first-order chi connectivity index (χ1) is 16.9. The molecule has 1 fully saturated rings. The highest BCUT2D eigenvalue weighted by molar-refractivity contribution is 14.1. The molecule has 0 bridgehead atoms. The molecule has 204 valence electrons. The molecule has 1 heterocycles. The Balaban J connectivity index is 1.85. The van der Waals surface area contributed by atoms with Crippen LogP contribution in [0.4, 0.5) is 13.2 Å². The predicted octanol–water partition coefficient (Wildman–Crippen LogP) is 9.09. The number of halogens is 4. The number of aromatic nitrogens is 1. The van der Waals surface area contributed by atoms with E-state index in [1.165, 1.54) is 12.1 Å². The molecule has 2 aromatic rings. The number of hydrogen-bond acceptors (Lipinski definition) is 3. The third kappa shape index (κ3) is 5.82.